The van der Waals surface area contributed by atoms with Crippen molar-refractivity contribution in [3.05, 3.63) is 11.9 Å². The van der Waals surface area contributed by atoms with Crippen molar-refractivity contribution in [1.82, 2.24) is 0 Å². The molecule has 2 N–H and O–H groups in total. The van der Waals surface area contributed by atoms with Gasteiger partial charge >= 0.3 is 0 Å². The summed E-state index contributed by atoms with van der Waals surface area (Å²) in [6.07, 6.45) is 5.68. The zero-order valence-electron chi connectivity index (χ0n) is 8.59. The number of hydrogen-bond donors (Lipinski definition) is 1. The van der Waals surface area contributed by atoms with Crippen molar-refractivity contribution < 1.29 is 0 Å². The molecule has 0 amide bonds. The predicted molar refractivity (Wildman–Crippen MR) is 55.1 cm³/mol. The van der Waals surface area contributed by atoms with Crippen molar-refractivity contribution in [3.8, 4) is 0 Å². The second-order valence-corrected chi connectivity index (χ2v) is 3.90. The number of hydrogen-bond acceptors (Lipinski definition) is 2. The summed E-state index contributed by atoms with van der Waals surface area (Å²) in [5, 5.41) is 0. The van der Waals surface area contributed by atoms with E-state index in [1.165, 1.54) is 0 Å². The molecule has 0 aromatic rings. The number of nitrogens with two attached hydrogens (primary N) is 1. The topological polar surface area (TPSA) is 38.4 Å². The van der Waals surface area contributed by atoms with Gasteiger partial charge in [-0.2, -0.15) is 0 Å². The van der Waals surface area contributed by atoms with Gasteiger partial charge < -0.3 is 5.73 Å². The maximum Gasteiger partial charge on any atom is 0.0607 e. The molecule has 0 atom stereocenters. The van der Waals surface area contributed by atoms with Crippen LogP contribution in [0.1, 0.15) is 40.5 Å². The Labute approximate surface area is 75.6 Å². The fourth-order valence-electron chi connectivity index (χ4n) is 0.779. The molecule has 2 nitrogen and oxygen atoms in total. The van der Waals surface area contributed by atoms with Gasteiger partial charge in [-0.3, -0.25) is 4.99 Å². The highest BCUT2D eigenvalue weighted by Crippen LogP contribution is 2.24. The third kappa shape index (κ3) is 4.16. The predicted octanol–water partition coefficient (Wildman–Crippen LogP) is 2.70. The molecule has 0 fully saturated rings. The number of unbranched alkanes of at least 4 members (excludes halogenated alkanes) is 1. The minimum atomic E-state index is 0.0546. The van der Waals surface area contributed by atoms with Crippen LogP contribution in [0.4, 0.5) is 0 Å². The lowest BCUT2D eigenvalue weighted by Gasteiger charge is -2.18. The molecule has 0 bridgehead atoms. The lowest BCUT2D eigenvalue weighted by atomic mass is 9.93. The van der Waals surface area contributed by atoms with Crippen molar-refractivity contribution in [3.63, 3.8) is 0 Å². The van der Waals surface area contributed by atoms with Crippen LogP contribution in [-0.2, 0) is 0 Å². The van der Waals surface area contributed by atoms with Gasteiger partial charge in [0.15, 0.2) is 0 Å². The van der Waals surface area contributed by atoms with Crippen LogP contribution in [0.3, 0.4) is 0 Å². The Morgan fingerprint density at radius 1 is 1.42 bits per heavy atom. The fraction of sp³-hybridized carbons (Fsp3) is 0.700. The number of rotatable bonds is 3. The van der Waals surface area contributed by atoms with Crippen molar-refractivity contribution in [2.75, 3.05) is 0 Å². The summed E-state index contributed by atoms with van der Waals surface area (Å²) in [5.41, 5.74) is 6.47. The van der Waals surface area contributed by atoms with E-state index < -0.39 is 0 Å². The van der Waals surface area contributed by atoms with Gasteiger partial charge in [-0.1, -0.05) is 34.1 Å². The van der Waals surface area contributed by atoms with Gasteiger partial charge in [0.25, 0.3) is 0 Å². The molecule has 0 aliphatic rings. The Bertz CT molecular complexity index is 173. The quantitative estimate of drug-likeness (QED) is 0.646. The molecular weight excluding hydrogens is 148 g/mol. The van der Waals surface area contributed by atoms with Crippen molar-refractivity contribution in [2.45, 2.75) is 40.5 Å². The molecule has 0 aliphatic carbocycles. The molecule has 0 unspecified atom stereocenters. The molecule has 0 radical (unpaired) electrons. The molecule has 0 saturated heterocycles. The van der Waals surface area contributed by atoms with E-state index in [1.807, 2.05) is 6.21 Å². The smallest absolute Gasteiger partial charge is 0.0607 e. The highest BCUT2D eigenvalue weighted by Gasteiger charge is 2.14. The van der Waals surface area contributed by atoms with Crippen LogP contribution in [0.5, 0.6) is 0 Å². The van der Waals surface area contributed by atoms with E-state index in [0.717, 1.165) is 18.5 Å². The summed E-state index contributed by atoms with van der Waals surface area (Å²) in [7, 11) is 0. The van der Waals surface area contributed by atoms with Crippen LogP contribution >= 0.6 is 0 Å². The lowest BCUT2D eigenvalue weighted by Crippen LogP contribution is -2.09. The minimum Gasteiger partial charge on any atom is -0.403 e. The van der Waals surface area contributed by atoms with Crippen molar-refractivity contribution in [2.24, 2.45) is 16.1 Å². The zero-order chi connectivity index (χ0) is 9.61. The van der Waals surface area contributed by atoms with E-state index >= 15 is 0 Å². The van der Waals surface area contributed by atoms with Crippen LogP contribution in [0.25, 0.3) is 0 Å². The van der Waals surface area contributed by atoms with E-state index in [-0.39, 0.29) is 5.41 Å². The standard InChI is InChI=1S/C10H20N2/c1-5-6-7-12-9(8-11)10(2,3)4/h7-8H,5-6,11H2,1-4H3/b9-8-,12-7-. The summed E-state index contributed by atoms with van der Waals surface area (Å²) >= 11 is 0. The zero-order valence-corrected chi connectivity index (χ0v) is 8.59. The maximum atomic E-state index is 5.47. The first-order valence-corrected chi connectivity index (χ1v) is 4.47. The van der Waals surface area contributed by atoms with Gasteiger partial charge in [0, 0.05) is 17.8 Å². The first-order valence-electron chi connectivity index (χ1n) is 4.47. The SMILES string of the molecule is CCC/C=N\C(=C/N)C(C)(C)C. The van der Waals surface area contributed by atoms with E-state index in [0.29, 0.717) is 0 Å². The van der Waals surface area contributed by atoms with Crippen molar-refractivity contribution in [1.29, 1.82) is 0 Å². The summed E-state index contributed by atoms with van der Waals surface area (Å²) in [4.78, 5) is 4.31. The highest BCUT2D eigenvalue weighted by atomic mass is 14.8. The fourth-order valence-corrected chi connectivity index (χ4v) is 0.779. The van der Waals surface area contributed by atoms with E-state index in [2.05, 4.69) is 32.7 Å². The van der Waals surface area contributed by atoms with Gasteiger partial charge in [0.2, 0.25) is 0 Å². The molecule has 0 saturated carbocycles. The van der Waals surface area contributed by atoms with Gasteiger partial charge in [-0.05, 0) is 6.42 Å². The van der Waals surface area contributed by atoms with Gasteiger partial charge in [-0.25, -0.2) is 0 Å². The highest BCUT2D eigenvalue weighted by molar-refractivity contribution is 5.59. The molecule has 2 heteroatoms. The Morgan fingerprint density at radius 3 is 2.33 bits per heavy atom. The molecular formula is C10H20N2. The number of allylic oxidation sites excluding steroid dienone is 1. The molecule has 0 aromatic carbocycles. The Kier molecular flexibility index (Phi) is 4.64. The molecule has 0 aliphatic heterocycles. The van der Waals surface area contributed by atoms with E-state index in [4.69, 9.17) is 5.73 Å². The molecule has 12 heavy (non-hydrogen) atoms. The Balaban J connectivity index is 4.21. The second-order valence-electron chi connectivity index (χ2n) is 3.90. The average molecular weight is 168 g/mol. The monoisotopic (exact) mass is 168 g/mol. The summed E-state index contributed by atoms with van der Waals surface area (Å²) < 4.78 is 0. The normalized spacial score (nSPS) is 14.2. The molecule has 0 heterocycles. The largest absolute Gasteiger partial charge is 0.403 e. The number of nitrogens with zero attached hydrogens (tertiary/aromatic N) is 1. The van der Waals surface area contributed by atoms with Gasteiger partial charge in [0.05, 0.1) is 5.70 Å². The van der Waals surface area contributed by atoms with Crippen LogP contribution in [0.15, 0.2) is 16.9 Å². The maximum absolute atomic E-state index is 5.47. The summed E-state index contributed by atoms with van der Waals surface area (Å²) in [6.45, 7) is 8.45. The Hall–Kier alpha value is -0.790. The van der Waals surface area contributed by atoms with E-state index in [9.17, 15) is 0 Å². The second kappa shape index (κ2) is 4.96. The van der Waals surface area contributed by atoms with Gasteiger partial charge in [-0.15, -0.1) is 0 Å². The average Bonchev–Trinajstić information content (AvgIpc) is 1.95. The number of aliphatic imine (C=N–C) groups is 1. The molecule has 0 spiro atoms. The minimum absolute atomic E-state index is 0.0546. The summed E-state index contributed by atoms with van der Waals surface area (Å²) in [6, 6.07) is 0. The van der Waals surface area contributed by atoms with Crippen LogP contribution < -0.4 is 5.73 Å². The first kappa shape index (κ1) is 11.2. The summed E-state index contributed by atoms with van der Waals surface area (Å²) in [5.74, 6) is 0. The first-order chi connectivity index (χ1) is 5.52. The third-order valence-electron chi connectivity index (χ3n) is 1.57. The van der Waals surface area contributed by atoms with E-state index in [1.54, 1.807) is 6.20 Å². The Morgan fingerprint density at radius 2 is 2.00 bits per heavy atom. The molecule has 0 rings (SSSR count). The van der Waals surface area contributed by atoms with Crippen LogP contribution in [0.2, 0.25) is 0 Å². The lowest BCUT2D eigenvalue weighted by molar-refractivity contribution is 0.497. The van der Waals surface area contributed by atoms with Gasteiger partial charge in [0.1, 0.15) is 0 Å². The molecule has 70 valence electrons. The van der Waals surface area contributed by atoms with Crippen molar-refractivity contribution >= 4 is 6.21 Å². The van der Waals surface area contributed by atoms with Crippen LogP contribution in [-0.4, -0.2) is 6.21 Å². The van der Waals surface area contributed by atoms with Crippen LogP contribution in [0, 0.1) is 5.41 Å². The molecule has 0 aromatic heterocycles. The third-order valence-corrected chi connectivity index (χ3v) is 1.57.